The summed E-state index contributed by atoms with van der Waals surface area (Å²) >= 11 is 0. The molecule has 1 heterocycles. The number of carbonyl (C=O) groups excluding carboxylic acids is 1. The maximum atomic E-state index is 11.0. The largest absolute Gasteiger partial charge is 0.342 e. The van der Waals surface area contributed by atoms with Crippen molar-refractivity contribution in [3.63, 3.8) is 0 Å². The minimum absolute atomic E-state index is 0.0552. The van der Waals surface area contributed by atoms with Gasteiger partial charge in [0.05, 0.1) is 19.2 Å². The van der Waals surface area contributed by atoms with E-state index in [-0.39, 0.29) is 19.0 Å². The van der Waals surface area contributed by atoms with Gasteiger partial charge in [0.25, 0.3) is 0 Å². The Labute approximate surface area is 87.9 Å². The fourth-order valence-corrected chi connectivity index (χ4v) is 1.03. The molecular weight excluding hydrogens is 194 g/mol. The molecule has 1 amide bonds. The first kappa shape index (κ1) is 11.2. The Hall–Kier alpha value is -1.87. The van der Waals surface area contributed by atoms with Crippen LogP contribution in [-0.4, -0.2) is 35.3 Å². The SMILES string of the molecule is N#CCNC(=O)CNCCn1cccn1. The molecule has 2 N–H and O–H groups in total. The average Bonchev–Trinajstić information content (AvgIpc) is 2.74. The Morgan fingerprint density at radius 1 is 1.60 bits per heavy atom. The number of nitrogens with one attached hydrogen (secondary N) is 2. The van der Waals surface area contributed by atoms with Gasteiger partial charge in [-0.2, -0.15) is 10.4 Å². The Kier molecular flexibility index (Phi) is 4.90. The van der Waals surface area contributed by atoms with E-state index in [4.69, 9.17) is 5.26 Å². The maximum Gasteiger partial charge on any atom is 0.234 e. The third-order valence-electron chi connectivity index (χ3n) is 1.73. The van der Waals surface area contributed by atoms with Crippen LogP contribution < -0.4 is 10.6 Å². The zero-order valence-electron chi connectivity index (χ0n) is 8.31. The molecule has 1 aromatic heterocycles. The van der Waals surface area contributed by atoms with Crippen LogP contribution in [0.4, 0.5) is 0 Å². The molecule has 0 fully saturated rings. The highest BCUT2D eigenvalue weighted by molar-refractivity contribution is 5.78. The number of rotatable bonds is 6. The number of hydrogen-bond acceptors (Lipinski definition) is 4. The van der Waals surface area contributed by atoms with E-state index in [2.05, 4.69) is 15.7 Å². The monoisotopic (exact) mass is 207 g/mol. The smallest absolute Gasteiger partial charge is 0.234 e. The second-order valence-electron chi connectivity index (χ2n) is 2.88. The van der Waals surface area contributed by atoms with Gasteiger partial charge in [-0.1, -0.05) is 0 Å². The summed E-state index contributed by atoms with van der Waals surface area (Å²) in [5, 5.41) is 17.6. The van der Waals surface area contributed by atoms with Crippen molar-refractivity contribution in [1.29, 1.82) is 5.26 Å². The highest BCUT2D eigenvalue weighted by Gasteiger charge is 1.98. The minimum Gasteiger partial charge on any atom is -0.342 e. The van der Waals surface area contributed by atoms with Crippen molar-refractivity contribution in [2.45, 2.75) is 6.54 Å². The molecule has 15 heavy (non-hydrogen) atoms. The second kappa shape index (κ2) is 6.56. The van der Waals surface area contributed by atoms with Gasteiger partial charge in [-0.25, -0.2) is 0 Å². The van der Waals surface area contributed by atoms with Gasteiger partial charge in [0.1, 0.15) is 6.54 Å². The summed E-state index contributed by atoms with van der Waals surface area (Å²) in [7, 11) is 0. The number of nitrogens with zero attached hydrogens (tertiary/aromatic N) is 3. The van der Waals surface area contributed by atoms with E-state index in [1.807, 2.05) is 18.3 Å². The van der Waals surface area contributed by atoms with Gasteiger partial charge in [0, 0.05) is 18.9 Å². The first-order chi connectivity index (χ1) is 7.33. The molecule has 1 aromatic rings. The molecule has 0 aromatic carbocycles. The number of carbonyl (C=O) groups is 1. The van der Waals surface area contributed by atoms with Crippen molar-refractivity contribution in [3.8, 4) is 6.07 Å². The molecule has 0 radical (unpaired) electrons. The lowest BCUT2D eigenvalue weighted by Crippen LogP contribution is -2.35. The van der Waals surface area contributed by atoms with Crippen molar-refractivity contribution in [3.05, 3.63) is 18.5 Å². The standard InChI is InChI=1S/C9H13N5O/c10-2-4-12-9(15)8-11-5-7-14-6-1-3-13-14/h1,3,6,11H,4-5,7-8H2,(H,12,15). The third kappa shape index (κ3) is 4.78. The Morgan fingerprint density at radius 3 is 3.13 bits per heavy atom. The van der Waals surface area contributed by atoms with Gasteiger partial charge in [-0.05, 0) is 6.07 Å². The van der Waals surface area contributed by atoms with Crippen LogP contribution in [0.5, 0.6) is 0 Å². The van der Waals surface area contributed by atoms with Gasteiger partial charge in [-0.15, -0.1) is 0 Å². The predicted molar refractivity (Wildman–Crippen MR) is 53.7 cm³/mol. The third-order valence-corrected chi connectivity index (χ3v) is 1.73. The van der Waals surface area contributed by atoms with E-state index in [9.17, 15) is 4.79 Å². The topological polar surface area (TPSA) is 82.7 Å². The molecule has 0 aliphatic rings. The normalized spacial score (nSPS) is 9.53. The lowest BCUT2D eigenvalue weighted by molar-refractivity contribution is -0.120. The van der Waals surface area contributed by atoms with Crippen LogP contribution in [0.2, 0.25) is 0 Å². The van der Waals surface area contributed by atoms with E-state index >= 15 is 0 Å². The molecule has 0 unspecified atom stereocenters. The second-order valence-corrected chi connectivity index (χ2v) is 2.88. The zero-order valence-corrected chi connectivity index (χ0v) is 8.31. The Morgan fingerprint density at radius 2 is 2.47 bits per heavy atom. The summed E-state index contributed by atoms with van der Waals surface area (Å²) in [4.78, 5) is 11.0. The molecule has 80 valence electrons. The molecule has 6 nitrogen and oxygen atoms in total. The van der Waals surface area contributed by atoms with E-state index < -0.39 is 0 Å². The lowest BCUT2D eigenvalue weighted by Gasteiger charge is -2.04. The first-order valence-electron chi connectivity index (χ1n) is 4.64. The maximum absolute atomic E-state index is 11.0. The first-order valence-corrected chi connectivity index (χ1v) is 4.64. The quantitative estimate of drug-likeness (QED) is 0.468. The fourth-order valence-electron chi connectivity index (χ4n) is 1.03. The number of nitriles is 1. The number of hydrogen-bond donors (Lipinski definition) is 2. The van der Waals surface area contributed by atoms with Gasteiger partial charge in [0.15, 0.2) is 0 Å². The van der Waals surface area contributed by atoms with Crippen molar-refractivity contribution >= 4 is 5.91 Å². The predicted octanol–water partition coefficient (Wildman–Crippen LogP) is -0.888. The van der Waals surface area contributed by atoms with Gasteiger partial charge >= 0.3 is 0 Å². The van der Waals surface area contributed by atoms with Crippen LogP contribution in [-0.2, 0) is 11.3 Å². The van der Waals surface area contributed by atoms with E-state index in [1.54, 1.807) is 10.9 Å². The number of amides is 1. The van der Waals surface area contributed by atoms with Crippen LogP contribution in [0.25, 0.3) is 0 Å². The van der Waals surface area contributed by atoms with Crippen LogP contribution in [0.15, 0.2) is 18.5 Å². The van der Waals surface area contributed by atoms with E-state index in [0.717, 1.165) is 6.54 Å². The average molecular weight is 207 g/mol. The molecule has 0 aliphatic heterocycles. The lowest BCUT2D eigenvalue weighted by atomic mass is 10.5. The van der Waals surface area contributed by atoms with Gasteiger partial charge in [-0.3, -0.25) is 9.48 Å². The van der Waals surface area contributed by atoms with E-state index in [1.165, 1.54) is 0 Å². The molecule has 0 saturated heterocycles. The Bertz CT molecular complexity index is 327. The number of aromatic nitrogens is 2. The molecule has 1 rings (SSSR count). The minimum atomic E-state index is -0.169. The molecule has 0 saturated carbocycles. The highest BCUT2D eigenvalue weighted by Crippen LogP contribution is 1.81. The summed E-state index contributed by atoms with van der Waals surface area (Å²) in [5.74, 6) is -0.169. The summed E-state index contributed by atoms with van der Waals surface area (Å²) < 4.78 is 1.78. The Balaban J connectivity index is 2.02. The van der Waals surface area contributed by atoms with Crippen molar-refractivity contribution in [2.75, 3.05) is 19.6 Å². The summed E-state index contributed by atoms with van der Waals surface area (Å²) in [6, 6.07) is 3.68. The van der Waals surface area contributed by atoms with E-state index in [0.29, 0.717) is 6.54 Å². The molecule has 0 bridgehead atoms. The van der Waals surface area contributed by atoms with Crippen molar-refractivity contribution < 1.29 is 4.79 Å². The molecule has 0 aliphatic carbocycles. The molecular formula is C9H13N5O. The van der Waals surface area contributed by atoms with Crippen LogP contribution in [0.1, 0.15) is 0 Å². The molecule has 0 spiro atoms. The highest BCUT2D eigenvalue weighted by atomic mass is 16.1. The summed E-state index contributed by atoms with van der Waals surface area (Å²) in [6.45, 7) is 1.67. The van der Waals surface area contributed by atoms with Crippen LogP contribution in [0.3, 0.4) is 0 Å². The van der Waals surface area contributed by atoms with Crippen molar-refractivity contribution in [1.82, 2.24) is 20.4 Å². The molecule has 6 heteroatoms. The van der Waals surface area contributed by atoms with Crippen LogP contribution in [0, 0.1) is 11.3 Å². The van der Waals surface area contributed by atoms with Crippen LogP contribution >= 0.6 is 0 Å². The van der Waals surface area contributed by atoms with Gasteiger partial charge < -0.3 is 10.6 Å². The van der Waals surface area contributed by atoms with Gasteiger partial charge in [0.2, 0.25) is 5.91 Å². The summed E-state index contributed by atoms with van der Waals surface area (Å²) in [6.07, 6.45) is 3.57. The summed E-state index contributed by atoms with van der Waals surface area (Å²) in [5.41, 5.74) is 0. The molecule has 0 atom stereocenters. The van der Waals surface area contributed by atoms with Crippen molar-refractivity contribution in [2.24, 2.45) is 0 Å². The fraction of sp³-hybridized carbons (Fsp3) is 0.444. The zero-order chi connectivity index (χ0) is 10.9.